The van der Waals surface area contributed by atoms with Gasteiger partial charge in [0.2, 0.25) is 5.91 Å². The highest BCUT2D eigenvalue weighted by Crippen LogP contribution is 2.55. The summed E-state index contributed by atoms with van der Waals surface area (Å²) in [5.74, 6) is -1.45. The molecule has 0 saturated heterocycles. The third-order valence-electron chi connectivity index (χ3n) is 6.04. The fraction of sp³-hybridized carbons (Fsp3) is 0.269. The Kier molecular flexibility index (Phi) is 5.95. The maximum Gasteiger partial charge on any atom is 0.323 e. The van der Waals surface area contributed by atoms with Crippen LogP contribution in [0.5, 0.6) is 0 Å². The number of methoxy groups -OCH3 is 2. The van der Waals surface area contributed by atoms with Crippen LogP contribution in [-0.4, -0.2) is 36.6 Å². The second-order valence-electron chi connectivity index (χ2n) is 7.92. The molecule has 3 aromatic rings. The van der Waals surface area contributed by atoms with Gasteiger partial charge in [-0.05, 0) is 30.5 Å². The maximum absolute atomic E-state index is 13.2. The normalized spacial score (nSPS) is 16.8. The Morgan fingerprint density at radius 2 is 1.66 bits per heavy atom. The molecular weight excluding hydrogens is 406 g/mol. The number of rotatable bonds is 7. The topological polar surface area (TPSA) is 74.6 Å². The summed E-state index contributed by atoms with van der Waals surface area (Å²) in [7, 11) is 2.52. The number of hydrogen-bond donors (Lipinski definition) is 0. The monoisotopic (exact) mass is 431 g/mol. The number of carbonyl (C=O) groups is 3. The first-order chi connectivity index (χ1) is 15.5. The first-order valence-corrected chi connectivity index (χ1v) is 10.6. The van der Waals surface area contributed by atoms with Crippen molar-refractivity contribution in [2.45, 2.75) is 19.3 Å². The Balaban J connectivity index is 1.50. The SMILES string of the molecule is COC(=O)C1(C(=O)OC)CC1/C=C/CCC(=O)n1c(-c2ccccc2)cc2ccccc21. The molecule has 0 radical (unpaired) electrons. The van der Waals surface area contributed by atoms with Gasteiger partial charge in [0.1, 0.15) is 0 Å². The van der Waals surface area contributed by atoms with Crippen molar-refractivity contribution in [1.29, 1.82) is 0 Å². The van der Waals surface area contributed by atoms with E-state index in [1.807, 2.05) is 72.8 Å². The van der Waals surface area contributed by atoms with Crippen molar-refractivity contribution in [3.8, 4) is 11.3 Å². The molecule has 0 N–H and O–H groups in total. The zero-order valence-electron chi connectivity index (χ0n) is 18.1. The molecule has 1 aliphatic rings. The van der Waals surface area contributed by atoms with Crippen molar-refractivity contribution >= 4 is 28.7 Å². The molecule has 1 saturated carbocycles. The molecule has 0 aliphatic heterocycles. The van der Waals surface area contributed by atoms with Gasteiger partial charge in [-0.3, -0.25) is 19.0 Å². The quantitative estimate of drug-likeness (QED) is 0.310. The lowest BCUT2D eigenvalue weighted by Gasteiger charge is -2.11. The minimum absolute atomic E-state index is 0.0160. The van der Waals surface area contributed by atoms with Gasteiger partial charge in [0.15, 0.2) is 5.41 Å². The molecule has 6 nitrogen and oxygen atoms in total. The first kappa shape index (κ1) is 21.6. The Labute approximate surface area is 186 Å². The van der Waals surface area contributed by atoms with E-state index in [0.717, 1.165) is 22.2 Å². The molecule has 1 fully saturated rings. The molecule has 2 aromatic carbocycles. The number of benzene rings is 2. The van der Waals surface area contributed by atoms with Crippen molar-refractivity contribution < 1.29 is 23.9 Å². The van der Waals surface area contributed by atoms with Crippen LogP contribution >= 0.6 is 0 Å². The van der Waals surface area contributed by atoms with Crippen LogP contribution in [-0.2, 0) is 19.1 Å². The molecule has 4 rings (SSSR count). The van der Waals surface area contributed by atoms with Crippen LogP contribution in [0.25, 0.3) is 22.2 Å². The Bertz CT molecular complexity index is 1180. The number of para-hydroxylation sites is 1. The summed E-state index contributed by atoms with van der Waals surface area (Å²) in [5.41, 5.74) is 1.46. The average molecular weight is 431 g/mol. The van der Waals surface area contributed by atoms with E-state index in [-0.39, 0.29) is 11.8 Å². The third-order valence-corrected chi connectivity index (χ3v) is 6.04. The Hall–Kier alpha value is -3.67. The highest BCUT2D eigenvalue weighted by Gasteiger charge is 2.66. The number of allylic oxidation sites excluding steroid dienone is 2. The standard InChI is InChI=1S/C26H25NO5/c1-31-24(29)26(25(30)32-2)17-20(26)13-7-9-15-23(28)27-21-14-8-6-12-19(21)16-22(27)18-10-4-3-5-11-18/h3-8,10-14,16,20H,9,15,17H2,1-2H3/b13-7+. The minimum atomic E-state index is -1.25. The van der Waals surface area contributed by atoms with E-state index in [9.17, 15) is 14.4 Å². The predicted octanol–water partition coefficient (Wildman–Crippen LogP) is 4.64. The van der Waals surface area contributed by atoms with Crippen molar-refractivity contribution in [3.05, 3.63) is 72.8 Å². The highest BCUT2D eigenvalue weighted by atomic mass is 16.5. The smallest absolute Gasteiger partial charge is 0.323 e. The van der Waals surface area contributed by atoms with E-state index in [0.29, 0.717) is 19.3 Å². The van der Waals surface area contributed by atoms with Gasteiger partial charge in [-0.2, -0.15) is 0 Å². The van der Waals surface area contributed by atoms with Crippen LogP contribution in [0.4, 0.5) is 0 Å². The minimum Gasteiger partial charge on any atom is -0.468 e. The van der Waals surface area contributed by atoms with Gasteiger partial charge in [-0.25, -0.2) is 0 Å². The molecule has 1 aromatic heterocycles. The van der Waals surface area contributed by atoms with Gasteiger partial charge in [-0.15, -0.1) is 0 Å². The molecule has 1 unspecified atom stereocenters. The summed E-state index contributed by atoms with van der Waals surface area (Å²) in [6, 6.07) is 19.7. The fourth-order valence-corrected chi connectivity index (χ4v) is 4.26. The number of carbonyl (C=O) groups excluding carboxylic acids is 3. The zero-order valence-corrected chi connectivity index (χ0v) is 18.1. The van der Waals surface area contributed by atoms with Crippen molar-refractivity contribution in [2.24, 2.45) is 11.3 Å². The van der Waals surface area contributed by atoms with E-state index >= 15 is 0 Å². The molecule has 0 bridgehead atoms. The summed E-state index contributed by atoms with van der Waals surface area (Å²) < 4.78 is 11.3. The fourth-order valence-electron chi connectivity index (χ4n) is 4.26. The summed E-state index contributed by atoms with van der Waals surface area (Å²) in [5, 5.41) is 1.01. The van der Waals surface area contributed by atoms with Crippen LogP contribution in [0.2, 0.25) is 0 Å². The molecule has 32 heavy (non-hydrogen) atoms. The highest BCUT2D eigenvalue weighted by molar-refractivity contribution is 6.04. The van der Waals surface area contributed by atoms with Crippen molar-refractivity contribution in [2.75, 3.05) is 14.2 Å². The lowest BCUT2D eigenvalue weighted by atomic mass is 10.0. The first-order valence-electron chi connectivity index (χ1n) is 10.6. The Morgan fingerprint density at radius 1 is 1.00 bits per heavy atom. The van der Waals surface area contributed by atoms with E-state index in [2.05, 4.69) is 0 Å². The van der Waals surface area contributed by atoms with E-state index in [1.165, 1.54) is 14.2 Å². The average Bonchev–Trinajstić information content (AvgIpc) is 3.44. The molecule has 1 heterocycles. The molecule has 1 aliphatic carbocycles. The third kappa shape index (κ3) is 3.73. The van der Waals surface area contributed by atoms with Crippen LogP contribution in [0, 0.1) is 11.3 Å². The summed E-state index contributed by atoms with van der Waals surface area (Å²) in [6.07, 6.45) is 4.81. The van der Waals surface area contributed by atoms with Crippen LogP contribution in [0.1, 0.15) is 24.1 Å². The van der Waals surface area contributed by atoms with Gasteiger partial charge in [0.25, 0.3) is 0 Å². The zero-order chi connectivity index (χ0) is 22.7. The number of hydrogen-bond acceptors (Lipinski definition) is 5. The van der Waals surface area contributed by atoms with Gasteiger partial charge >= 0.3 is 11.9 Å². The van der Waals surface area contributed by atoms with Crippen LogP contribution in [0.3, 0.4) is 0 Å². The summed E-state index contributed by atoms with van der Waals surface area (Å²) in [6.45, 7) is 0. The molecule has 6 heteroatoms. The predicted molar refractivity (Wildman–Crippen MR) is 121 cm³/mol. The van der Waals surface area contributed by atoms with Gasteiger partial charge < -0.3 is 9.47 Å². The van der Waals surface area contributed by atoms with Crippen molar-refractivity contribution in [1.82, 2.24) is 4.57 Å². The second kappa shape index (κ2) is 8.83. The Morgan fingerprint density at radius 3 is 2.34 bits per heavy atom. The number of nitrogens with zero attached hydrogens (tertiary/aromatic N) is 1. The maximum atomic E-state index is 13.2. The van der Waals surface area contributed by atoms with Gasteiger partial charge in [0, 0.05) is 17.7 Å². The van der Waals surface area contributed by atoms with Crippen molar-refractivity contribution in [3.63, 3.8) is 0 Å². The summed E-state index contributed by atoms with van der Waals surface area (Å²) >= 11 is 0. The van der Waals surface area contributed by atoms with E-state index in [4.69, 9.17) is 9.47 Å². The number of aromatic nitrogens is 1. The van der Waals surface area contributed by atoms with E-state index < -0.39 is 17.4 Å². The van der Waals surface area contributed by atoms with Crippen LogP contribution < -0.4 is 0 Å². The lowest BCUT2D eigenvalue weighted by molar-refractivity contribution is -0.161. The molecular formula is C26H25NO5. The van der Waals surface area contributed by atoms with Gasteiger partial charge in [0.05, 0.1) is 25.4 Å². The number of ether oxygens (including phenoxy) is 2. The molecule has 1 atom stereocenters. The second-order valence-corrected chi connectivity index (χ2v) is 7.92. The largest absolute Gasteiger partial charge is 0.468 e. The lowest BCUT2D eigenvalue weighted by Crippen LogP contribution is -2.30. The summed E-state index contributed by atoms with van der Waals surface area (Å²) in [4.78, 5) is 37.4. The molecule has 0 spiro atoms. The molecule has 0 amide bonds. The van der Waals surface area contributed by atoms with Gasteiger partial charge in [-0.1, -0.05) is 60.7 Å². The van der Waals surface area contributed by atoms with Crippen LogP contribution in [0.15, 0.2) is 72.8 Å². The molecule has 164 valence electrons. The number of esters is 2. The number of fused-ring (bicyclic) bond motifs is 1. The van der Waals surface area contributed by atoms with E-state index in [1.54, 1.807) is 4.57 Å².